The number of rotatable bonds is 7. The topological polar surface area (TPSA) is 62.3 Å². The van der Waals surface area contributed by atoms with Gasteiger partial charge in [-0.15, -0.1) is 0 Å². The maximum atomic E-state index is 6.15. The van der Waals surface area contributed by atoms with E-state index in [9.17, 15) is 0 Å². The number of piperidine rings is 1. The molecule has 0 radical (unpaired) electrons. The van der Waals surface area contributed by atoms with Crippen molar-refractivity contribution in [2.24, 2.45) is 5.92 Å². The molecule has 1 saturated heterocycles. The second-order valence-electron chi connectivity index (χ2n) is 10.3. The van der Waals surface area contributed by atoms with Gasteiger partial charge in [-0.2, -0.15) is 9.97 Å². The number of halogens is 1. The Morgan fingerprint density at radius 3 is 2.57 bits per heavy atom. The minimum absolute atomic E-state index is 0.0462. The maximum Gasteiger partial charge on any atom is 0.234 e. The van der Waals surface area contributed by atoms with Crippen molar-refractivity contribution in [1.29, 1.82) is 0 Å². The first-order valence-electron chi connectivity index (χ1n) is 13.2. The lowest BCUT2D eigenvalue weighted by molar-refractivity contribution is 0.435. The van der Waals surface area contributed by atoms with Gasteiger partial charge in [-0.3, -0.25) is 0 Å². The van der Waals surface area contributed by atoms with Crippen LogP contribution in [0.1, 0.15) is 51.0 Å². The lowest BCUT2D eigenvalue weighted by Crippen LogP contribution is -2.41. The van der Waals surface area contributed by atoms with E-state index in [0.29, 0.717) is 22.9 Å². The molecule has 0 bridgehead atoms. The number of nitrogens with one attached hydrogen (secondary N) is 2. The maximum absolute atomic E-state index is 6.15. The molecule has 1 atom stereocenters. The molecule has 0 unspecified atom stereocenters. The Labute approximate surface area is 229 Å². The third-order valence-corrected chi connectivity index (χ3v) is 7.96. The third-order valence-electron chi connectivity index (χ3n) is 7.47. The highest BCUT2D eigenvalue weighted by atomic mass is 35.5. The monoisotopic (exact) mass is 535 g/mol. The first-order valence-corrected chi connectivity index (χ1v) is 14.0. The van der Waals surface area contributed by atoms with Crippen LogP contribution in [0.2, 0.25) is 5.02 Å². The van der Waals surface area contributed by atoms with E-state index in [-0.39, 0.29) is 5.41 Å². The average molecular weight is 536 g/mol. The van der Waals surface area contributed by atoms with Crippen molar-refractivity contribution in [2.45, 2.75) is 50.9 Å². The van der Waals surface area contributed by atoms with Gasteiger partial charge in [0.15, 0.2) is 5.11 Å². The van der Waals surface area contributed by atoms with E-state index in [1.54, 1.807) is 0 Å². The number of thiocarbonyl (C=S) groups is 1. The summed E-state index contributed by atoms with van der Waals surface area (Å²) in [5.41, 5.74) is 1.35. The van der Waals surface area contributed by atoms with Crippen LogP contribution in [0.5, 0.6) is 11.6 Å². The van der Waals surface area contributed by atoms with E-state index < -0.39 is 0 Å². The van der Waals surface area contributed by atoms with Crippen LogP contribution in [0, 0.1) is 5.92 Å². The molecule has 2 heterocycles. The summed E-state index contributed by atoms with van der Waals surface area (Å²) in [6.45, 7) is 4.97. The fourth-order valence-electron chi connectivity index (χ4n) is 5.51. The van der Waals surface area contributed by atoms with Gasteiger partial charge in [-0.05, 0) is 73.6 Å². The molecule has 0 amide bonds. The SMILES string of the molecule is C[C@H]1CCCN(c2cc(Oc3ccccc3)nc(NC(=S)NCC3(c4ccc(Cl)cc4)CCCC3)n2)C1. The summed E-state index contributed by atoms with van der Waals surface area (Å²) >= 11 is 11.9. The lowest BCUT2D eigenvalue weighted by Gasteiger charge is -2.32. The van der Waals surface area contributed by atoms with Gasteiger partial charge in [0.05, 0.1) is 0 Å². The molecule has 2 N–H and O–H groups in total. The summed E-state index contributed by atoms with van der Waals surface area (Å²) in [6, 6.07) is 19.8. The largest absolute Gasteiger partial charge is 0.439 e. The number of ether oxygens (including phenoxy) is 1. The molecular weight excluding hydrogens is 502 g/mol. The number of anilines is 2. The van der Waals surface area contributed by atoms with Crippen LogP contribution in [-0.2, 0) is 5.41 Å². The number of benzene rings is 2. The Morgan fingerprint density at radius 1 is 1.08 bits per heavy atom. The quantitative estimate of drug-likeness (QED) is 0.317. The van der Waals surface area contributed by atoms with Gasteiger partial charge >= 0.3 is 0 Å². The van der Waals surface area contributed by atoms with Crippen molar-refractivity contribution in [3.63, 3.8) is 0 Å². The van der Waals surface area contributed by atoms with Crippen molar-refractivity contribution < 1.29 is 4.74 Å². The summed E-state index contributed by atoms with van der Waals surface area (Å²) in [4.78, 5) is 11.8. The first kappa shape index (κ1) is 25.7. The molecule has 2 aliphatic rings. The second kappa shape index (κ2) is 11.7. The first-order chi connectivity index (χ1) is 18.0. The van der Waals surface area contributed by atoms with E-state index >= 15 is 0 Å². The fourth-order valence-corrected chi connectivity index (χ4v) is 5.80. The summed E-state index contributed by atoms with van der Waals surface area (Å²) in [5, 5.41) is 7.96. The molecule has 1 aliphatic carbocycles. The number of aromatic nitrogens is 2. The molecule has 1 saturated carbocycles. The van der Waals surface area contributed by atoms with Gasteiger partial charge in [-0.25, -0.2) is 0 Å². The van der Waals surface area contributed by atoms with Crippen LogP contribution < -0.4 is 20.3 Å². The third kappa shape index (κ3) is 6.51. The van der Waals surface area contributed by atoms with Crippen LogP contribution in [-0.4, -0.2) is 34.7 Å². The smallest absolute Gasteiger partial charge is 0.234 e. The van der Waals surface area contributed by atoms with Gasteiger partial charge < -0.3 is 20.3 Å². The number of para-hydroxylation sites is 1. The molecule has 6 nitrogen and oxygen atoms in total. The van der Waals surface area contributed by atoms with Crippen molar-refractivity contribution in [1.82, 2.24) is 15.3 Å². The zero-order valence-corrected chi connectivity index (χ0v) is 22.8. The molecule has 3 aromatic rings. The molecule has 1 aromatic heterocycles. The standard InChI is InChI=1S/C29H34ClN5OS/c1-21-8-7-17-35(19-21)25-18-26(36-24-9-3-2-4-10-24)33-27(32-25)34-28(37)31-20-29(15-5-6-16-29)22-11-13-23(30)14-12-22/h2-4,9-14,18,21H,5-8,15-17,19-20H2,1H3,(H2,31,32,33,34,37)/t21-/m0/s1. The average Bonchev–Trinajstić information content (AvgIpc) is 3.39. The molecule has 1 aliphatic heterocycles. The van der Waals surface area contributed by atoms with Crippen LogP contribution in [0.15, 0.2) is 60.7 Å². The van der Waals surface area contributed by atoms with Crippen LogP contribution in [0.3, 0.4) is 0 Å². The molecule has 8 heteroatoms. The van der Waals surface area contributed by atoms with Gasteiger partial charge in [0.2, 0.25) is 11.8 Å². The van der Waals surface area contributed by atoms with E-state index in [2.05, 4.69) is 39.6 Å². The Balaban J connectivity index is 1.32. The molecule has 194 valence electrons. The van der Waals surface area contributed by atoms with Gasteiger partial charge in [0.25, 0.3) is 0 Å². The van der Waals surface area contributed by atoms with Crippen molar-refractivity contribution in [3.05, 3.63) is 71.2 Å². The van der Waals surface area contributed by atoms with Gasteiger partial charge in [0.1, 0.15) is 11.6 Å². The summed E-state index contributed by atoms with van der Waals surface area (Å²) in [5.74, 6) is 3.14. The number of nitrogens with zero attached hydrogens (tertiary/aromatic N) is 3. The van der Waals surface area contributed by atoms with Crippen molar-refractivity contribution in [3.8, 4) is 11.6 Å². The molecule has 2 aromatic carbocycles. The Hall–Kier alpha value is -2.90. The minimum atomic E-state index is 0.0462. The van der Waals surface area contributed by atoms with Gasteiger partial charge in [0, 0.05) is 36.1 Å². The lowest BCUT2D eigenvalue weighted by atomic mass is 9.79. The zero-order valence-electron chi connectivity index (χ0n) is 21.3. The Kier molecular flexibility index (Phi) is 8.11. The highest BCUT2D eigenvalue weighted by Crippen LogP contribution is 2.41. The number of hydrogen-bond donors (Lipinski definition) is 2. The molecular formula is C29H34ClN5OS. The predicted octanol–water partition coefficient (Wildman–Crippen LogP) is 6.96. The fraction of sp³-hybridized carbons (Fsp3) is 0.414. The molecule has 37 heavy (non-hydrogen) atoms. The predicted molar refractivity (Wildman–Crippen MR) is 155 cm³/mol. The molecule has 2 fully saturated rings. The Morgan fingerprint density at radius 2 is 1.84 bits per heavy atom. The summed E-state index contributed by atoms with van der Waals surface area (Å²) in [7, 11) is 0. The highest BCUT2D eigenvalue weighted by Gasteiger charge is 2.35. The van der Waals surface area contributed by atoms with E-state index in [1.165, 1.54) is 24.8 Å². The van der Waals surface area contributed by atoms with Crippen LogP contribution >= 0.6 is 23.8 Å². The van der Waals surface area contributed by atoms with Crippen LogP contribution in [0.4, 0.5) is 11.8 Å². The minimum Gasteiger partial charge on any atom is -0.439 e. The van der Waals surface area contributed by atoms with E-state index in [0.717, 1.165) is 55.5 Å². The van der Waals surface area contributed by atoms with Crippen molar-refractivity contribution in [2.75, 3.05) is 29.9 Å². The van der Waals surface area contributed by atoms with E-state index in [4.69, 9.17) is 33.5 Å². The van der Waals surface area contributed by atoms with Crippen molar-refractivity contribution >= 4 is 40.7 Å². The molecule has 5 rings (SSSR count). The van der Waals surface area contributed by atoms with Crippen LogP contribution in [0.25, 0.3) is 0 Å². The summed E-state index contributed by atoms with van der Waals surface area (Å²) < 4.78 is 6.09. The second-order valence-corrected chi connectivity index (χ2v) is 11.1. The summed E-state index contributed by atoms with van der Waals surface area (Å²) in [6.07, 6.45) is 7.06. The van der Waals surface area contributed by atoms with E-state index in [1.807, 2.05) is 48.5 Å². The normalized spacial score (nSPS) is 18.9. The zero-order chi connectivity index (χ0) is 25.7. The van der Waals surface area contributed by atoms with Gasteiger partial charge in [-0.1, -0.05) is 61.7 Å². The number of hydrogen-bond acceptors (Lipinski definition) is 5. The highest BCUT2D eigenvalue weighted by molar-refractivity contribution is 7.80. The Bertz CT molecular complexity index is 1200. The molecule has 0 spiro atoms.